The van der Waals surface area contributed by atoms with Crippen molar-refractivity contribution in [1.29, 1.82) is 0 Å². The molecule has 0 aromatic rings. The van der Waals surface area contributed by atoms with Crippen LogP contribution in [-0.4, -0.2) is 13.8 Å². The molecular formula is C2H9N5O2. The van der Waals surface area contributed by atoms with Gasteiger partial charge in [0.25, 0.3) is 0 Å². The first-order chi connectivity index (χ1) is 4.22. The maximum absolute atomic E-state index is 10.3. The number of hydrogen-bond donors (Lipinski definition) is 3. The standard InChI is InChI=1S/C2H9N5O2/c1-4-5-6(3)7(8)9-2/h6-7H,1,3H2,2H3. The van der Waals surface area contributed by atoms with E-state index in [1.54, 1.807) is 0 Å². The molecule has 0 heterocycles. The highest BCUT2D eigenvalue weighted by atomic mass is 16.9. The van der Waals surface area contributed by atoms with Crippen molar-refractivity contribution >= 4 is 6.72 Å². The number of nitrogens with two attached hydrogens (primary N) is 1. The van der Waals surface area contributed by atoms with Gasteiger partial charge in [-0.25, -0.2) is 0 Å². The molecular weight excluding hydrogens is 126 g/mol. The van der Waals surface area contributed by atoms with Crippen LogP contribution < -0.4 is 16.4 Å². The van der Waals surface area contributed by atoms with Crippen molar-refractivity contribution in [2.45, 2.75) is 0 Å². The third-order valence-electron chi connectivity index (χ3n) is 0.573. The Hall–Kier alpha value is -0.730. The monoisotopic (exact) mass is 135 g/mol. The molecule has 0 aliphatic heterocycles. The number of nitrogens with one attached hydrogen (secondary N) is 2. The molecule has 0 amide bonds. The quantitative estimate of drug-likeness (QED) is 0.212. The van der Waals surface area contributed by atoms with E-state index in [-0.39, 0.29) is 5.23 Å². The Kier molecular flexibility index (Phi) is 3.84. The predicted molar refractivity (Wildman–Crippen MR) is 29.4 cm³/mol. The van der Waals surface area contributed by atoms with Crippen LogP contribution in [0.25, 0.3) is 5.53 Å². The van der Waals surface area contributed by atoms with Gasteiger partial charge in [-0.15, -0.1) is 11.1 Å². The first-order valence-electron chi connectivity index (χ1n) is 2.10. The van der Waals surface area contributed by atoms with E-state index >= 15 is 0 Å². The average Bonchev–Trinajstić information content (AvgIpc) is 1.87. The topological polar surface area (TPSA) is 93.7 Å². The van der Waals surface area contributed by atoms with Crippen LogP contribution in [0.15, 0.2) is 5.10 Å². The van der Waals surface area contributed by atoms with Crippen molar-refractivity contribution in [2.24, 2.45) is 10.9 Å². The van der Waals surface area contributed by atoms with Crippen molar-refractivity contribution in [3.8, 4) is 0 Å². The number of quaternary nitrogens is 2. The highest BCUT2D eigenvalue weighted by Crippen LogP contribution is 1.57. The summed E-state index contributed by atoms with van der Waals surface area (Å²) in [5, 5.41) is 12.3. The summed E-state index contributed by atoms with van der Waals surface area (Å²) in [4.78, 5) is 4.18. The molecule has 7 heteroatoms. The molecule has 0 fully saturated rings. The van der Waals surface area contributed by atoms with Gasteiger partial charge >= 0.3 is 0 Å². The van der Waals surface area contributed by atoms with Gasteiger partial charge in [0.2, 0.25) is 0 Å². The maximum Gasteiger partial charge on any atom is 0.103 e. The maximum atomic E-state index is 10.3. The van der Waals surface area contributed by atoms with Gasteiger partial charge in [0.15, 0.2) is 0 Å². The van der Waals surface area contributed by atoms with E-state index in [2.05, 4.69) is 22.2 Å². The minimum absolute atomic E-state index is 0.299. The fourth-order valence-corrected chi connectivity index (χ4v) is 0.222. The van der Waals surface area contributed by atoms with E-state index in [9.17, 15) is 5.21 Å². The summed E-state index contributed by atoms with van der Waals surface area (Å²) in [5.74, 6) is 4.98. The predicted octanol–water partition coefficient (Wildman–Crippen LogP) is -3.49. The van der Waals surface area contributed by atoms with E-state index in [0.717, 1.165) is 0 Å². The molecule has 0 rings (SSSR count). The van der Waals surface area contributed by atoms with Crippen LogP contribution >= 0.6 is 0 Å². The molecule has 0 bridgehead atoms. The lowest BCUT2D eigenvalue weighted by atomic mass is 11.7. The molecule has 7 nitrogen and oxygen atoms in total. The van der Waals surface area contributed by atoms with Gasteiger partial charge in [0, 0.05) is 0 Å². The number of hydrogen-bond acceptors (Lipinski definition) is 4. The Labute approximate surface area is 52.1 Å². The van der Waals surface area contributed by atoms with Gasteiger partial charge in [-0.2, -0.15) is 4.84 Å². The van der Waals surface area contributed by atoms with E-state index in [1.807, 2.05) is 0 Å². The Morgan fingerprint density at radius 1 is 1.89 bits per heavy atom. The number of rotatable bonds is 4. The van der Waals surface area contributed by atoms with Crippen molar-refractivity contribution < 1.29 is 15.4 Å². The van der Waals surface area contributed by atoms with Crippen molar-refractivity contribution in [3.63, 3.8) is 0 Å². The van der Waals surface area contributed by atoms with Crippen molar-refractivity contribution in [1.82, 2.24) is 0 Å². The highest BCUT2D eigenvalue weighted by molar-refractivity contribution is 5.23. The van der Waals surface area contributed by atoms with Crippen LogP contribution in [0.1, 0.15) is 0 Å². The summed E-state index contributed by atoms with van der Waals surface area (Å²) in [6.45, 7) is 2.99. The largest absolute Gasteiger partial charge is 0.548 e. The Balaban J connectivity index is 3.44. The zero-order chi connectivity index (χ0) is 7.28. The lowest BCUT2D eigenvalue weighted by Gasteiger charge is -2.27. The zero-order valence-corrected chi connectivity index (χ0v) is 5.00. The second-order valence-corrected chi connectivity index (χ2v) is 1.12. The average molecular weight is 135 g/mol. The SMILES string of the molecule is C=N[N-][NH+](N)[NH+]([O-])OC. The van der Waals surface area contributed by atoms with E-state index < -0.39 is 5.34 Å². The molecule has 0 aliphatic carbocycles. The molecule has 9 heavy (non-hydrogen) atoms. The second kappa shape index (κ2) is 4.18. The molecule has 2 atom stereocenters. The molecule has 0 spiro atoms. The van der Waals surface area contributed by atoms with Crippen LogP contribution in [0.3, 0.4) is 0 Å². The fraction of sp³-hybridized carbons (Fsp3) is 0.500. The second-order valence-electron chi connectivity index (χ2n) is 1.12. The molecule has 2 unspecified atom stereocenters. The van der Waals surface area contributed by atoms with E-state index in [0.29, 0.717) is 0 Å². The molecule has 0 aliphatic rings. The summed E-state index contributed by atoms with van der Waals surface area (Å²) < 4.78 is 0. The van der Waals surface area contributed by atoms with Crippen LogP contribution in [0.4, 0.5) is 0 Å². The van der Waals surface area contributed by atoms with Gasteiger partial charge in [0.1, 0.15) is 7.11 Å². The van der Waals surface area contributed by atoms with E-state index in [1.165, 1.54) is 7.11 Å². The Bertz CT molecular complexity index is 87.0. The minimum Gasteiger partial charge on any atom is -0.548 e. The third kappa shape index (κ3) is 2.95. The number of nitrogens with zero attached hydrogens (tertiary/aromatic N) is 2. The lowest BCUT2D eigenvalue weighted by Crippen LogP contribution is -3.58. The summed E-state index contributed by atoms with van der Waals surface area (Å²) in [6.07, 6.45) is 0. The highest BCUT2D eigenvalue weighted by Gasteiger charge is 1.96. The smallest absolute Gasteiger partial charge is 0.103 e. The lowest BCUT2D eigenvalue weighted by molar-refractivity contribution is -1.55. The van der Waals surface area contributed by atoms with Gasteiger partial charge in [-0.05, 0) is 6.72 Å². The van der Waals surface area contributed by atoms with Crippen LogP contribution in [0.5, 0.6) is 0 Å². The van der Waals surface area contributed by atoms with E-state index in [4.69, 9.17) is 5.84 Å². The van der Waals surface area contributed by atoms with Crippen LogP contribution in [0, 0.1) is 5.21 Å². The Morgan fingerprint density at radius 2 is 2.44 bits per heavy atom. The molecule has 54 valence electrons. The van der Waals surface area contributed by atoms with Crippen molar-refractivity contribution in [3.05, 3.63) is 10.7 Å². The molecule has 4 N–H and O–H groups in total. The third-order valence-corrected chi connectivity index (χ3v) is 0.573. The molecule has 0 aromatic heterocycles. The van der Waals surface area contributed by atoms with Gasteiger partial charge < -0.3 is 15.8 Å². The van der Waals surface area contributed by atoms with Crippen LogP contribution in [0.2, 0.25) is 0 Å². The zero-order valence-electron chi connectivity index (χ0n) is 5.00. The molecule has 0 aromatic carbocycles. The van der Waals surface area contributed by atoms with Gasteiger partial charge in [-0.1, -0.05) is 5.34 Å². The first kappa shape index (κ1) is 8.27. The summed E-state index contributed by atoms with van der Waals surface area (Å²) in [5.41, 5.74) is 3.13. The molecule has 0 radical (unpaired) electrons. The minimum atomic E-state index is -0.706. The summed E-state index contributed by atoms with van der Waals surface area (Å²) >= 11 is 0. The van der Waals surface area contributed by atoms with Crippen molar-refractivity contribution in [2.75, 3.05) is 7.11 Å². The molecule has 0 saturated heterocycles. The summed E-state index contributed by atoms with van der Waals surface area (Å²) in [7, 11) is 1.20. The summed E-state index contributed by atoms with van der Waals surface area (Å²) in [6, 6.07) is 0. The Morgan fingerprint density at radius 3 is 2.78 bits per heavy atom. The van der Waals surface area contributed by atoms with Gasteiger partial charge in [0.05, 0.1) is 0 Å². The fourth-order valence-electron chi connectivity index (χ4n) is 0.222. The molecule has 0 saturated carbocycles. The van der Waals surface area contributed by atoms with Gasteiger partial charge in [-0.3, -0.25) is 0 Å². The van der Waals surface area contributed by atoms with Crippen LogP contribution in [-0.2, 0) is 4.84 Å². The normalized spacial score (nSPS) is 16.3. The first-order valence-corrected chi connectivity index (χ1v) is 2.10.